The topological polar surface area (TPSA) is 83.9 Å². The zero-order chi connectivity index (χ0) is 17.2. The summed E-state index contributed by atoms with van der Waals surface area (Å²) >= 11 is 0. The van der Waals surface area contributed by atoms with Crippen LogP contribution in [0.4, 0.5) is 0 Å². The highest BCUT2D eigenvalue weighted by molar-refractivity contribution is 5.94. The molecule has 0 bridgehead atoms. The fourth-order valence-electron chi connectivity index (χ4n) is 2.05. The van der Waals surface area contributed by atoms with Gasteiger partial charge in [0.1, 0.15) is 5.75 Å². The molecule has 0 fully saturated rings. The number of hydrogen-bond acceptors (Lipinski definition) is 4. The molecule has 0 spiro atoms. The molecule has 0 heterocycles. The summed E-state index contributed by atoms with van der Waals surface area (Å²) in [5.74, 6) is -0.318. The lowest BCUT2D eigenvalue weighted by Gasteiger charge is -2.19. The molecule has 0 aliphatic carbocycles. The summed E-state index contributed by atoms with van der Waals surface area (Å²) in [5, 5.41) is 8.65. The first kappa shape index (κ1) is 18.7. The number of ether oxygens (including phenoxy) is 1. The molecular formula is C17H23NO5. The predicted molar refractivity (Wildman–Crippen MR) is 85.7 cm³/mol. The van der Waals surface area contributed by atoms with Crippen LogP contribution in [-0.2, 0) is 9.59 Å². The van der Waals surface area contributed by atoms with E-state index in [9.17, 15) is 14.4 Å². The summed E-state index contributed by atoms with van der Waals surface area (Å²) in [6, 6.07) is 6.86. The standard InChI is InChI=1S/C17H23NO5/c1-3-18(11-10-17(21)22)16(20)5-4-12-23-15-8-6-14(7-9-15)13(2)19/h6-9H,3-5,10-12H2,1-2H3,(H,21,22). The fourth-order valence-corrected chi connectivity index (χ4v) is 2.05. The third kappa shape index (κ3) is 6.95. The van der Waals surface area contributed by atoms with Crippen molar-refractivity contribution in [1.29, 1.82) is 0 Å². The Hall–Kier alpha value is -2.37. The van der Waals surface area contributed by atoms with Crippen LogP contribution in [0.2, 0.25) is 0 Å². The van der Waals surface area contributed by atoms with Crippen molar-refractivity contribution in [3.63, 3.8) is 0 Å². The molecule has 6 nitrogen and oxygen atoms in total. The molecule has 0 saturated carbocycles. The van der Waals surface area contributed by atoms with E-state index in [0.717, 1.165) is 0 Å². The molecule has 0 saturated heterocycles. The van der Waals surface area contributed by atoms with Crippen LogP contribution in [0.1, 0.15) is 43.5 Å². The Bertz CT molecular complexity index is 538. The molecule has 1 rings (SSSR count). The number of carboxylic acids is 1. The molecule has 1 amide bonds. The Balaban J connectivity index is 2.31. The molecular weight excluding hydrogens is 298 g/mol. The number of amides is 1. The number of ketones is 1. The first-order valence-corrected chi connectivity index (χ1v) is 7.67. The second-order valence-corrected chi connectivity index (χ2v) is 5.15. The molecule has 1 N–H and O–H groups in total. The van der Waals surface area contributed by atoms with Crippen molar-refractivity contribution >= 4 is 17.7 Å². The summed E-state index contributed by atoms with van der Waals surface area (Å²) in [4.78, 5) is 35.2. The molecule has 0 aromatic heterocycles. The Morgan fingerprint density at radius 1 is 1.13 bits per heavy atom. The first-order valence-electron chi connectivity index (χ1n) is 7.67. The lowest BCUT2D eigenvalue weighted by atomic mass is 10.1. The van der Waals surface area contributed by atoms with Crippen LogP contribution in [0, 0.1) is 0 Å². The molecule has 23 heavy (non-hydrogen) atoms. The molecule has 1 aromatic carbocycles. The van der Waals surface area contributed by atoms with E-state index in [4.69, 9.17) is 9.84 Å². The van der Waals surface area contributed by atoms with Crippen molar-refractivity contribution in [1.82, 2.24) is 4.90 Å². The number of aliphatic carboxylic acids is 1. The molecule has 126 valence electrons. The van der Waals surface area contributed by atoms with Crippen molar-refractivity contribution < 1.29 is 24.2 Å². The largest absolute Gasteiger partial charge is 0.494 e. The minimum atomic E-state index is -0.909. The third-order valence-corrected chi connectivity index (χ3v) is 3.39. The second-order valence-electron chi connectivity index (χ2n) is 5.15. The van der Waals surface area contributed by atoms with E-state index in [1.165, 1.54) is 11.8 Å². The van der Waals surface area contributed by atoms with E-state index in [1.807, 2.05) is 6.92 Å². The van der Waals surface area contributed by atoms with Gasteiger partial charge in [-0.1, -0.05) is 0 Å². The zero-order valence-electron chi connectivity index (χ0n) is 13.6. The number of rotatable bonds is 10. The van der Waals surface area contributed by atoms with Crippen molar-refractivity contribution in [2.45, 2.75) is 33.1 Å². The van der Waals surface area contributed by atoms with Gasteiger partial charge in [0.25, 0.3) is 0 Å². The monoisotopic (exact) mass is 321 g/mol. The highest BCUT2D eigenvalue weighted by Gasteiger charge is 2.12. The number of benzene rings is 1. The molecule has 0 aliphatic rings. The highest BCUT2D eigenvalue weighted by Crippen LogP contribution is 2.13. The van der Waals surface area contributed by atoms with Gasteiger partial charge >= 0.3 is 5.97 Å². The lowest BCUT2D eigenvalue weighted by Crippen LogP contribution is -2.32. The molecule has 6 heteroatoms. The van der Waals surface area contributed by atoms with Crippen LogP contribution >= 0.6 is 0 Å². The number of Topliss-reactive ketones (excluding diaryl/α,β-unsaturated/α-hetero) is 1. The van der Waals surface area contributed by atoms with Gasteiger partial charge in [0.2, 0.25) is 5.91 Å². The van der Waals surface area contributed by atoms with Crippen LogP contribution in [0.3, 0.4) is 0 Å². The second kappa shape index (κ2) is 9.61. The van der Waals surface area contributed by atoms with Gasteiger partial charge in [-0.3, -0.25) is 14.4 Å². The van der Waals surface area contributed by atoms with E-state index in [1.54, 1.807) is 24.3 Å². The summed E-state index contributed by atoms with van der Waals surface area (Å²) in [5.41, 5.74) is 0.629. The first-order chi connectivity index (χ1) is 10.9. The maximum absolute atomic E-state index is 12.0. The normalized spacial score (nSPS) is 10.2. The van der Waals surface area contributed by atoms with E-state index >= 15 is 0 Å². The summed E-state index contributed by atoms with van der Waals surface area (Å²) in [6.07, 6.45) is 0.828. The highest BCUT2D eigenvalue weighted by atomic mass is 16.5. The van der Waals surface area contributed by atoms with E-state index in [0.29, 0.717) is 37.3 Å². The minimum Gasteiger partial charge on any atom is -0.494 e. The number of hydrogen-bond donors (Lipinski definition) is 1. The summed E-state index contributed by atoms with van der Waals surface area (Å²) < 4.78 is 5.53. The third-order valence-electron chi connectivity index (χ3n) is 3.39. The minimum absolute atomic E-state index is 0.00293. The van der Waals surface area contributed by atoms with Crippen LogP contribution < -0.4 is 4.74 Å². The SMILES string of the molecule is CCN(CCC(=O)O)C(=O)CCCOc1ccc(C(C)=O)cc1. The number of nitrogens with zero attached hydrogens (tertiary/aromatic N) is 1. The van der Waals surface area contributed by atoms with Crippen LogP contribution in [0.15, 0.2) is 24.3 Å². The zero-order valence-corrected chi connectivity index (χ0v) is 13.6. The fraction of sp³-hybridized carbons (Fsp3) is 0.471. The van der Waals surface area contributed by atoms with Gasteiger partial charge in [0.05, 0.1) is 13.0 Å². The van der Waals surface area contributed by atoms with Crippen LogP contribution in [0.5, 0.6) is 5.75 Å². The Labute approximate surface area is 136 Å². The van der Waals surface area contributed by atoms with Gasteiger partial charge in [-0.25, -0.2) is 0 Å². The van der Waals surface area contributed by atoms with Gasteiger partial charge in [-0.15, -0.1) is 0 Å². The van der Waals surface area contributed by atoms with Gasteiger partial charge < -0.3 is 14.7 Å². The lowest BCUT2D eigenvalue weighted by molar-refractivity contribution is -0.138. The van der Waals surface area contributed by atoms with Gasteiger partial charge in [-0.05, 0) is 44.5 Å². The number of carbonyl (C=O) groups excluding carboxylic acids is 2. The van der Waals surface area contributed by atoms with Crippen molar-refractivity contribution in [3.8, 4) is 5.75 Å². The number of carbonyl (C=O) groups is 3. The average Bonchev–Trinajstić information content (AvgIpc) is 2.52. The van der Waals surface area contributed by atoms with Crippen LogP contribution in [0.25, 0.3) is 0 Å². The van der Waals surface area contributed by atoms with Crippen molar-refractivity contribution in [3.05, 3.63) is 29.8 Å². The summed E-state index contributed by atoms with van der Waals surface area (Å²) in [7, 11) is 0. The predicted octanol–water partition coefficient (Wildman–Crippen LogP) is 2.37. The van der Waals surface area contributed by atoms with E-state index in [2.05, 4.69) is 0 Å². The van der Waals surface area contributed by atoms with Crippen molar-refractivity contribution in [2.24, 2.45) is 0 Å². The molecule has 0 radical (unpaired) electrons. The quantitative estimate of drug-likeness (QED) is 0.528. The van der Waals surface area contributed by atoms with Crippen molar-refractivity contribution in [2.75, 3.05) is 19.7 Å². The van der Waals surface area contributed by atoms with E-state index in [-0.39, 0.29) is 24.7 Å². The van der Waals surface area contributed by atoms with E-state index < -0.39 is 5.97 Å². The Kier molecular flexibility index (Phi) is 7.80. The van der Waals surface area contributed by atoms with Gasteiger partial charge in [-0.2, -0.15) is 0 Å². The maximum Gasteiger partial charge on any atom is 0.305 e. The molecule has 1 aromatic rings. The Morgan fingerprint density at radius 3 is 2.30 bits per heavy atom. The molecule has 0 atom stereocenters. The van der Waals surface area contributed by atoms with Gasteiger partial charge in [0.15, 0.2) is 5.78 Å². The number of carboxylic acid groups (broad SMARTS) is 1. The maximum atomic E-state index is 12.0. The molecule has 0 unspecified atom stereocenters. The van der Waals surface area contributed by atoms with Gasteiger partial charge in [0, 0.05) is 25.1 Å². The average molecular weight is 321 g/mol. The smallest absolute Gasteiger partial charge is 0.305 e. The van der Waals surface area contributed by atoms with Crippen LogP contribution in [-0.4, -0.2) is 47.4 Å². The molecule has 0 aliphatic heterocycles. The summed E-state index contributed by atoms with van der Waals surface area (Å²) in [6.45, 7) is 4.46. The Morgan fingerprint density at radius 2 is 1.78 bits per heavy atom.